The van der Waals surface area contributed by atoms with Crippen molar-refractivity contribution >= 4 is 28.4 Å². The predicted octanol–water partition coefficient (Wildman–Crippen LogP) is 4.11. The normalized spacial score (nSPS) is 20.5. The Kier molecular flexibility index (Phi) is 5.58. The summed E-state index contributed by atoms with van der Waals surface area (Å²) >= 11 is 0. The first-order valence-electron chi connectivity index (χ1n) is 11.6. The van der Waals surface area contributed by atoms with Gasteiger partial charge in [-0.2, -0.15) is 0 Å². The lowest BCUT2D eigenvalue weighted by Gasteiger charge is -2.28. The van der Waals surface area contributed by atoms with Crippen LogP contribution in [0.5, 0.6) is 5.75 Å². The molecule has 3 aromatic rings. The summed E-state index contributed by atoms with van der Waals surface area (Å²) in [4.78, 5) is 25.0. The molecule has 2 aromatic carbocycles. The van der Waals surface area contributed by atoms with Crippen LogP contribution in [0.2, 0.25) is 0 Å². The molecule has 2 aliphatic rings. The zero-order valence-corrected chi connectivity index (χ0v) is 18.8. The van der Waals surface area contributed by atoms with E-state index in [1.54, 1.807) is 13.2 Å². The van der Waals surface area contributed by atoms with E-state index in [0.717, 1.165) is 72.0 Å². The molecule has 1 aliphatic carbocycles. The molecule has 33 heavy (non-hydrogen) atoms. The molecule has 1 amide bonds. The van der Waals surface area contributed by atoms with Gasteiger partial charge in [-0.15, -0.1) is 0 Å². The second kappa shape index (κ2) is 8.56. The van der Waals surface area contributed by atoms with Crippen LogP contribution in [0.3, 0.4) is 0 Å². The average Bonchev–Trinajstić information content (AvgIpc) is 3.15. The van der Waals surface area contributed by atoms with Crippen LogP contribution in [0, 0.1) is 0 Å². The standard InChI is InChI=1S/C26H29N3O4/c1-33-18-10-12-22-20(14-18)25(23-3-2-4-24(31)29(22)23)15-5-11-19(26(27)32)21(13-15)28-16-6-8-17(30)9-7-16/h5,10-14,16-17,28,30H,2-4,6-9H2,1H3,(H2,27,32)/t16-,17-. The number of nitrogens with one attached hydrogen (secondary N) is 1. The predicted molar refractivity (Wildman–Crippen MR) is 128 cm³/mol. The van der Waals surface area contributed by atoms with Crippen LogP contribution >= 0.6 is 0 Å². The van der Waals surface area contributed by atoms with Gasteiger partial charge in [-0.3, -0.25) is 14.2 Å². The number of carbonyl (C=O) groups is 2. The number of aliphatic hydroxyl groups is 1. The van der Waals surface area contributed by atoms with E-state index in [4.69, 9.17) is 10.5 Å². The summed E-state index contributed by atoms with van der Waals surface area (Å²) in [6.45, 7) is 0. The number of hydrogen-bond acceptors (Lipinski definition) is 5. The number of amides is 1. The highest BCUT2D eigenvalue weighted by atomic mass is 16.5. The molecule has 0 saturated heterocycles. The maximum absolute atomic E-state index is 12.8. The van der Waals surface area contributed by atoms with Gasteiger partial charge >= 0.3 is 0 Å². The fourth-order valence-electron chi connectivity index (χ4n) is 5.29. The number of hydrogen-bond donors (Lipinski definition) is 3. The second-order valence-corrected chi connectivity index (χ2v) is 9.06. The van der Waals surface area contributed by atoms with E-state index < -0.39 is 5.91 Å². The van der Waals surface area contributed by atoms with Crippen LogP contribution in [0.15, 0.2) is 36.4 Å². The first-order valence-corrected chi connectivity index (χ1v) is 11.6. The average molecular weight is 448 g/mol. The number of nitrogens with zero attached hydrogens (tertiary/aromatic N) is 1. The van der Waals surface area contributed by atoms with Crippen molar-refractivity contribution in [3.63, 3.8) is 0 Å². The molecule has 0 spiro atoms. The Labute approximate surface area is 192 Å². The zero-order valence-electron chi connectivity index (χ0n) is 18.8. The molecular weight excluding hydrogens is 418 g/mol. The van der Waals surface area contributed by atoms with E-state index in [-0.39, 0.29) is 18.1 Å². The molecule has 1 aliphatic heterocycles. The largest absolute Gasteiger partial charge is 0.497 e. The van der Waals surface area contributed by atoms with Crippen molar-refractivity contribution in [2.45, 2.75) is 57.1 Å². The highest BCUT2D eigenvalue weighted by Crippen LogP contribution is 2.41. The fraction of sp³-hybridized carbons (Fsp3) is 0.385. The molecule has 0 unspecified atom stereocenters. The van der Waals surface area contributed by atoms with Gasteiger partial charge in [-0.05, 0) is 74.4 Å². The van der Waals surface area contributed by atoms with Crippen LogP contribution < -0.4 is 15.8 Å². The van der Waals surface area contributed by atoms with Gasteiger partial charge in [0.2, 0.25) is 5.91 Å². The second-order valence-electron chi connectivity index (χ2n) is 9.06. The summed E-state index contributed by atoms with van der Waals surface area (Å²) in [6.07, 6.45) is 5.04. The Bertz CT molecular complexity index is 1240. The number of methoxy groups -OCH3 is 1. The van der Waals surface area contributed by atoms with Crippen LogP contribution in [0.25, 0.3) is 22.0 Å². The molecule has 0 atom stereocenters. The Morgan fingerprint density at radius 3 is 2.64 bits per heavy atom. The first kappa shape index (κ1) is 21.5. The van der Waals surface area contributed by atoms with E-state index >= 15 is 0 Å². The molecule has 0 bridgehead atoms. The number of fused-ring (bicyclic) bond motifs is 3. The monoisotopic (exact) mass is 447 g/mol. The molecular formula is C26H29N3O4. The zero-order chi connectivity index (χ0) is 23.1. The molecule has 1 aromatic heterocycles. The van der Waals surface area contributed by atoms with Crippen molar-refractivity contribution in [3.05, 3.63) is 47.7 Å². The van der Waals surface area contributed by atoms with Gasteiger partial charge in [0.05, 0.1) is 24.3 Å². The maximum Gasteiger partial charge on any atom is 0.250 e. The van der Waals surface area contributed by atoms with Gasteiger partial charge in [0.1, 0.15) is 5.75 Å². The van der Waals surface area contributed by atoms with Gasteiger partial charge in [-0.1, -0.05) is 6.07 Å². The van der Waals surface area contributed by atoms with Crippen molar-refractivity contribution in [2.75, 3.05) is 12.4 Å². The number of nitrogens with two attached hydrogens (primary N) is 1. The maximum atomic E-state index is 12.8. The molecule has 7 heteroatoms. The van der Waals surface area contributed by atoms with E-state index in [1.807, 2.05) is 34.9 Å². The molecule has 0 radical (unpaired) electrons. The van der Waals surface area contributed by atoms with Crippen LogP contribution in [0.1, 0.15) is 59.4 Å². The molecule has 1 saturated carbocycles. The summed E-state index contributed by atoms with van der Waals surface area (Å²) < 4.78 is 7.31. The number of primary amides is 1. The number of benzene rings is 2. The van der Waals surface area contributed by atoms with Gasteiger partial charge in [-0.25, -0.2) is 0 Å². The number of carbonyl (C=O) groups excluding carboxylic acids is 2. The Hall–Kier alpha value is -3.32. The van der Waals surface area contributed by atoms with Crippen LogP contribution in [-0.2, 0) is 6.42 Å². The van der Waals surface area contributed by atoms with Gasteiger partial charge < -0.3 is 20.9 Å². The minimum Gasteiger partial charge on any atom is -0.497 e. The third-order valence-electron chi connectivity index (χ3n) is 6.96. The lowest BCUT2D eigenvalue weighted by atomic mass is 9.92. The summed E-state index contributed by atoms with van der Waals surface area (Å²) in [6, 6.07) is 11.6. The van der Waals surface area contributed by atoms with Crippen molar-refractivity contribution in [3.8, 4) is 16.9 Å². The molecule has 2 heterocycles. The van der Waals surface area contributed by atoms with Crippen molar-refractivity contribution < 1.29 is 19.4 Å². The molecule has 4 N–H and O–H groups in total. The van der Waals surface area contributed by atoms with E-state index in [2.05, 4.69) is 5.32 Å². The minimum atomic E-state index is -0.486. The van der Waals surface area contributed by atoms with E-state index in [0.29, 0.717) is 17.7 Å². The Morgan fingerprint density at radius 1 is 1.12 bits per heavy atom. The fourth-order valence-corrected chi connectivity index (χ4v) is 5.29. The Morgan fingerprint density at radius 2 is 1.91 bits per heavy atom. The minimum absolute atomic E-state index is 0.102. The van der Waals surface area contributed by atoms with Crippen LogP contribution in [-0.4, -0.2) is 40.7 Å². The number of ether oxygens (including phenoxy) is 1. The lowest BCUT2D eigenvalue weighted by molar-refractivity contribution is 0.0889. The number of aliphatic hydroxyl groups excluding tert-OH is 1. The molecule has 172 valence electrons. The summed E-state index contributed by atoms with van der Waals surface area (Å²) in [7, 11) is 1.63. The third kappa shape index (κ3) is 3.86. The number of aromatic nitrogens is 1. The summed E-state index contributed by atoms with van der Waals surface area (Å²) in [5.74, 6) is 0.345. The summed E-state index contributed by atoms with van der Waals surface area (Å²) in [5.41, 5.74) is 10.6. The molecule has 1 fully saturated rings. The first-order chi connectivity index (χ1) is 16.0. The summed E-state index contributed by atoms with van der Waals surface area (Å²) in [5, 5.41) is 14.3. The topological polar surface area (TPSA) is 107 Å². The number of rotatable bonds is 5. The highest BCUT2D eigenvalue weighted by Gasteiger charge is 2.27. The molecule has 5 rings (SSSR count). The van der Waals surface area contributed by atoms with Gasteiger partial charge in [0.25, 0.3) is 5.91 Å². The van der Waals surface area contributed by atoms with Crippen molar-refractivity contribution in [1.29, 1.82) is 0 Å². The van der Waals surface area contributed by atoms with E-state index in [9.17, 15) is 14.7 Å². The van der Waals surface area contributed by atoms with Crippen LogP contribution in [0.4, 0.5) is 5.69 Å². The lowest BCUT2D eigenvalue weighted by Crippen LogP contribution is -2.29. The smallest absolute Gasteiger partial charge is 0.250 e. The quantitative estimate of drug-likeness (QED) is 0.546. The van der Waals surface area contributed by atoms with Crippen molar-refractivity contribution in [2.24, 2.45) is 5.73 Å². The van der Waals surface area contributed by atoms with E-state index in [1.165, 1.54) is 0 Å². The van der Waals surface area contributed by atoms with Crippen molar-refractivity contribution in [1.82, 2.24) is 4.57 Å². The third-order valence-corrected chi connectivity index (χ3v) is 6.96. The number of anilines is 1. The van der Waals surface area contributed by atoms with Gasteiger partial charge in [0.15, 0.2) is 0 Å². The Balaban J connectivity index is 1.65. The van der Waals surface area contributed by atoms with Gasteiger partial charge in [0, 0.05) is 34.8 Å². The molecule has 7 nitrogen and oxygen atoms in total. The SMILES string of the molecule is COc1ccc2c(c1)c(-c1ccc(C(N)=O)c(N[C@H]3CC[C@H](O)CC3)c1)c1n2C(=O)CCC1. The highest BCUT2D eigenvalue weighted by molar-refractivity contribution is 6.06.